The highest BCUT2D eigenvalue weighted by molar-refractivity contribution is 7.14. The van der Waals surface area contributed by atoms with Crippen LogP contribution in [0.2, 0.25) is 0 Å². The topological polar surface area (TPSA) is 102 Å². The highest BCUT2D eigenvalue weighted by Gasteiger charge is 2.16. The summed E-state index contributed by atoms with van der Waals surface area (Å²) in [6.07, 6.45) is 0. The van der Waals surface area contributed by atoms with Gasteiger partial charge in [-0.05, 0) is 19.9 Å². The van der Waals surface area contributed by atoms with Crippen LogP contribution in [0.1, 0.15) is 20.3 Å². The summed E-state index contributed by atoms with van der Waals surface area (Å²) in [6.45, 7) is 3.16. The lowest BCUT2D eigenvalue weighted by molar-refractivity contribution is -0.118. The Kier molecular flexibility index (Phi) is 4.04. The molecule has 106 valence electrons. The number of aromatic nitrogens is 1. The Morgan fingerprint density at radius 1 is 1.45 bits per heavy atom. The van der Waals surface area contributed by atoms with Crippen molar-refractivity contribution in [3.8, 4) is 5.75 Å². The van der Waals surface area contributed by atoms with Gasteiger partial charge < -0.3 is 19.7 Å². The summed E-state index contributed by atoms with van der Waals surface area (Å²) in [5.41, 5.74) is 0. The van der Waals surface area contributed by atoms with E-state index >= 15 is 0 Å². The van der Waals surface area contributed by atoms with Crippen LogP contribution in [-0.2, 0) is 4.79 Å². The van der Waals surface area contributed by atoms with Gasteiger partial charge in [0, 0.05) is 10.9 Å². The highest BCUT2D eigenvalue weighted by Crippen LogP contribution is 2.28. The number of rotatable bonds is 5. The summed E-state index contributed by atoms with van der Waals surface area (Å²) in [5, 5.41) is 15.1. The molecule has 2 aromatic heterocycles. The number of carboxylic acid groups (broad SMARTS) is 1. The van der Waals surface area contributed by atoms with E-state index in [0.29, 0.717) is 5.76 Å². The van der Waals surface area contributed by atoms with E-state index in [1.54, 1.807) is 26.0 Å². The van der Waals surface area contributed by atoms with Crippen LogP contribution in [0.3, 0.4) is 0 Å². The van der Waals surface area contributed by atoms with Crippen LogP contribution in [0.5, 0.6) is 5.75 Å². The van der Waals surface area contributed by atoms with Gasteiger partial charge in [0.2, 0.25) is 0 Å². The maximum Gasteiger partial charge on any atom is 0.349 e. The first-order valence-electron chi connectivity index (χ1n) is 5.65. The number of nitrogens with zero attached hydrogens (tertiary/aromatic N) is 1. The molecule has 0 atom stereocenters. The number of carbonyl (C=O) groups excluding carboxylic acids is 1. The minimum absolute atomic E-state index is 0.0765. The third-order valence-electron chi connectivity index (χ3n) is 2.27. The lowest BCUT2D eigenvalue weighted by atomic mass is 10.4. The Labute approximate surface area is 118 Å². The summed E-state index contributed by atoms with van der Waals surface area (Å²) in [4.78, 5) is 23.5. The first kappa shape index (κ1) is 14.1. The van der Waals surface area contributed by atoms with Gasteiger partial charge in [-0.25, -0.2) is 4.79 Å². The molecule has 0 saturated heterocycles. The van der Waals surface area contributed by atoms with Crippen LogP contribution < -0.4 is 10.1 Å². The predicted octanol–water partition coefficient (Wildman–Crippen LogP) is 2.07. The molecule has 2 aromatic rings. The SMILES string of the molecule is Cc1cc(NC(=O)COc2cc(C)sc2C(=O)O)no1. The number of nitrogens with one attached hydrogen (secondary N) is 1. The number of aromatic carboxylic acids is 1. The number of carbonyl (C=O) groups is 2. The first-order valence-corrected chi connectivity index (χ1v) is 6.47. The highest BCUT2D eigenvalue weighted by atomic mass is 32.1. The number of aryl methyl sites for hydroxylation is 2. The summed E-state index contributed by atoms with van der Waals surface area (Å²) in [7, 11) is 0. The molecule has 0 aliphatic rings. The molecular weight excluding hydrogens is 284 g/mol. The average Bonchev–Trinajstić information content (AvgIpc) is 2.93. The molecule has 8 heteroatoms. The van der Waals surface area contributed by atoms with Gasteiger partial charge >= 0.3 is 5.97 Å². The van der Waals surface area contributed by atoms with Crippen molar-refractivity contribution in [2.45, 2.75) is 13.8 Å². The van der Waals surface area contributed by atoms with E-state index in [-0.39, 0.29) is 23.1 Å². The maximum absolute atomic E-state index is 11.6. The number of hydrogen-bond acceptors (Lipinski definition) is 6. The molecule has 0 aliphatic carbocycles. The molecule has 2 heterocycles. The number of anilines is 1. The largest absolute Gasteiger partial charge is 0.482 e. The fraction of sp³-hybridized carbons (Fsp3) is 0.250. The van der Waals surface area contributed by atoms with E-state index in [0.717, 1.165) is 16.2 Å². The van der Waals surface area contributed by atoms with Crippen LogP contribution in [-0.4, -0.2) is 28.7 Å². The minimum atomic E-state index is -1.08. The Balaban J connectivity index is 1.95. The molecule has 1 amide bonds. The lowest BCUT2D eigenvalue weighted by Crippen LogP contribution is -2.20. The van der Waals surface area contributed by atoms with E-state index < -0.39 is 11.9 Å². The molecule has 0 saturated carbocycles. The van der Waals surface area contributed by atoms with Gasteiger partial charge in [-0.1, -0.05) is 5.16 Å². The third-order valence-corrected chi connectivity index (χ3v) is 3.29. The monoisotopic (exact) mass is 296 g/mol. The number of hydrogen-bond donors (Lipinski definition) is 2. The molecule has 7 nitrogen and oxygen atoms in total. The molecule has 2 rings (SSSR count). The molecule has 0 spiro atoms. The van der Waals surface area contributed by atoms with Gasteiger partial charge in [0.05, 0.1) is 0 Å². The summed E-state index contributed by atoms with van der Waals surface area (Å²) in [5.74, 6) is -0.477. The molecule has 0 aromatic carbocycles. The number of thiophene rings is 1. The van der Waals surface area contributed by atoms with Gasteiger partial charge in [0.25, 0.3) is 5.91 Å². The van der Waals surface area contributed by atoms with Crippen molar-refractivity contribution in [3.05, 3.63) is 27.6 Å². The number of carboxylic acids is 1. The van der Waals surface area contributed by atoms with E-state index in [2.05, 4.69) is 10.5 Å². The zero-order valence-electron chi connectivity index (χ0n) is 10.8. The van der Waals surface area contributed by atoms with Gasteiger partial charge in [-0.15, -0.1) is 11.3 Å². The van der Waals surface area contributed by atoms with E-state index in [1.807, 2.05) is 0 Å². The quantitative estimate of drug-likeness (QED) is 0.875. The van der Waals surface area contributed by atoms with Crippen molar-refractivity contribution >= 4 is 29.0 Å². The fourth-order valence-corrected chi connectivity index (χ4v) is 2.29. The Morgan fingerprint density at radius 2 is 2.20 bits per heavy atom. The van der Waals surface area contributed by atoms with Gasteiger partial charge in [0.1, 0.15) is 11.5 Å². The first-order chi connectivity index (χ1) is 9.45. The molecule has 0 bridgehead atoms. The van der Waals surface area contributed by atoms with Crippen LogP contribution in [0.25, 0.3) is 0 Å². The van der Waals surface area contributed by atoms with Gasteiger partial charge in [-0.2, -0.15) is 0 Å². The second-order valence-electron chi connectivity index (χ2n) is 4.02. The second kappa shape index (κ2) is 5.74. The molecule has 0 radical (unpaired) electrons. The van der Waals surface area contributed by atoms with Crippen LogP contribution in [0, 0.1) is 13.8 Å². The zero-order chi connectivity index (χ0) is 14.7. The molecule has 20 heavy (non-hydrogen) atoms. The lowest BCUT2D eigenvalue weighted by Gasteiger charge is -2.04. The average molecular weight is 296 g/mol. The molecule has 0 unspecified atom stereocenters. The third kappa shape index (κ3) is 3.35. The standard InChI is InChI=1S/C12H12N2O5S/c1-6-3-9(14-19-6)13-10(15)5-18-8-4-7(2)20-11(8)12(16)17/h3-4H,5H2,1-2H3,(H,16,17)(H,13,14,15). The Hall–Kier alpha value is -2.35. The zero-order valence-corrected chi connectivity index (χ0v) is 11.6. The van der Waals surface area contributed by atoms with E-state index in [9.17, 15) is 9.59 Å². The molecule has 0 fully saturated rings. The molecule has 0 aliphatic heterocycles. The maximum atomic E-state index is 11.6. The van der Waals surface area contributed by atoms with Gasteiger partial charge in [0.15, 0.2) is 17.3 Å². The van der Waals surface area contributed by atoms with Crippen LogP contribution in [0.15, 0.2) is 16.7 Å². The predicted molar refractivity (Wildman–Crippen MR) is 71.4 cm³/mol. The molecule has 2 N–H and O–H groups in total. The second-order valence-corrected chi connectivity index (χ2v) is 5.27. The van der Waals surface area contributed by atoms with Crippen molar-refractivity contribution < 1.29 is 24.0 Å². The van der Waals surface area contributed by atoms with Crippen molar-refractivity contribution in [3.63, 3.8) is 0 Å². The normalized spacial score (nSPS) is 10.3. The van der Waals surface area contributed by atoms with Crippen molar-refractivity contribution in [2.24, 2.45) is 0 Å². The number of amides is 1. The van der Waals surface area contributed by atoms with Crippen molar-refractivity contribution in [1.29, 1.82) is 0 Å². The smallest absolute Gasteiger partial charge is 0.349 e. The number of ether oxygens (including phenoxy) is 1. The fourth-order valence-electron chi connectivity index (χ4n) is 1.49. The van der Waals surface area contributed by atoms with Crippen molar-refractivity contribution in [2.75, 3.05) is 11.9 Å². The minimum Gasteiger partial charge on any atom is -0.482 e. The summed E-state index contributed by atoms with van der Waals surface area (Å²) >= 11 is 1.10. The van der Waals surface area contributed by atoms with E-state index in [1.165, 1.54) is 0 Å². The Bertz CT molecular complexity index is 646. The molecular formula is C12H12N2O5S. The van der Waals surface area contributed by atoms with Crippen molar-refractivity contribution in [1.82, 2.24) is 5.16 Å². The van der Waals surface area contributed by atoms with Gasteiger partial charge in [-0.3, -0.25) is 4.79 Å². The van der Waals surface area contributed by atoms with Crippen LogP contribution in [0.4, 0.5) is 5.82 Å². The van der Waals surface area contributed by atoms with Crippen LogP contribution >= 0.6 is 11.3 Å². The van der Waals surface area contributed by atoms with E-state index in [4.69, 9.17) is 14.4 Å². The summed E-state index contributed by atoms with van der Waals surface area (Å²) in [6, 6.07) is 3.15. The summed E-state index contributed by atoms with van der Waals surface area (Å²) < 4.78 is 10.0. The Morgan fingerprint density at radius 3 is 2.80 bits per heavy atom.